The van der Waals surface area contributed by atoms with Crippen LogP contribution in [-0.4, -0.2) is 45.4 Å². The van der Waals surface area contributed by atoms with Crippen molar-refractivity contribution in [2.75, 3.05) is 33.5 Å². The van der Waals surface area contributed by atoms with Crippen LogP contribution >= 0.6 is 12.4 Å². The van der Waals surface area contributed by atoms with E-state index in [4.69, 9.17) is 15.2 Å². The number of carbonyl (C=O) groups is 1. The maximum absolute atomic E-state index is 13.2. The van der Waals surface area contributed by atoms with Crippen LogP contribution in [0, 0.1) is 5.82 Å². The largest absolute Gasteiger partial charge is 0.383 e. The van der Waals surface area contributed by atoms with Crippen molar-refractivity contribution >= 4 is 18.3 Å². The van der Waals surface area contributed by atoms with Gasteiger partial charge in [-0.25, -0.2) is 4.39 Å². The second-order valence-electron chi connectivity index (χ2n) is 5.68. The number of amides is 1. The Morgan fingerprint density at radius 2 is 2.00 bits per heavy atom. The molecule has 2 rings (SSSR count). The molecule has 0 aliphatic carbocycles. The lowest BCUT2D eigenvalue weighted by Gasteiger charge is -2.38. The number of ether oxygens (including phenoxy) is 2. The third kappa shape index (κ3) is 5.14. The highest BCUT2D eigenvalue weighted by molar-refractivity contribution is 5.85. The topological polar surface area (TPSA) is 73.6 Å². The lowest BCUT2D eigenvalue weighted by molar-refractivity contribution is -0.124. The zero-order valence-electron chi connectivity index (χ0n) is 13.2. The third-order valence-electron chi connectivity index (χ3n) is 4.19. The van der Waals surface area contributed by atoms with E-state index in [1.807, 2.05) is 0 Å². The van der Waals surface area contributed by atoms with Gasteiger partial charge in [-0.05, 0) is 30.5 Å². The van der Waals surface area contributed by atoms with Gasteiger partial charge >= 0.3 is 0 Å². The number of rotatable bonds is 6. The molecule has 1 aromatic carbocycles. The molecule has 1 aliphatic rings. The summed E-state index contributed by atoms with van der Waals surface area (Å²) in [6, 6.07) is 5.77. The first-order valence-electron chi connectivity index (χ1n) is 7.43. The molecule has 1 aromatic rings. The average molecular weight is 347 g/mol. The zero-order chi connectivity index (χ0) is 16.0. The minimum absolute atomic E-state index is 0. The average Bonchev–Trinajstić information content (AvgIpc) is 2.54. The zero-order valence-corrected chi connectivity index (χ0v) is 14.0. The standard InChI is InChI=1S/C16H23FN2O3.ClH/c1-21-10-14(18)15(20)19-11-16(6-8-22-9-7-16)12-2-4-13(17)5-3-12;/h2-5,14H,6-11,18H2,1H3,(H,19,20);1H. The Bertz CT molecular complexity index is 493. The van der Waals surface area contributed by atoms with Crippen LogP contribution in [-0.2, 0) is 19.7 Å². The maximum atomic E-state index is 13.2. The fraction of sp³-hybridized carbons (Fsp3) is 0.562. The lowest BCUT2D eigenvalue weighted by Crippen LogP contribution is -2.50. The first kappa shape index (κ1) is 19.8. The maximum Gasteiger partial charge on any atom is 0.239 e. The molecule has 1 unspecified atom stereocenters. The number of carbonyl (C=O) groups excluding carboxylic acids is 1. The summed E-state index contributed by atoms with van der Waals surface area (Å²) in [7, 11) is 1.51. The molecule has 1 amide bonds. The van der Waals surface area contributed by atoms with E-state index < -0.39 is 6.04 Å². The van der Waals surface area contributed by atoms with E-state index in [2.05, 4.69) is 5.32 Å². The predicted octanol–water partition coefficient (Wildman–Crippen LogP) is 1.39. The molecule has 1 heterocycles. The van der Waals surface area contributed by atoms with Crippen molar-refractivity contribution in [3.8, 4) is 0 Å². The van der Waals surface area contributed by atoms with E-state index in [0.717, 1.165) is 18.4 Å². The van der Waals surface area contributed by atoms with Crippen molar-refractivity contribution in [1.82, 2.24) is 5.32 Å². The molecule has 7 heteroatoms. The molecular weight excluding hydrogens is 323 g/mol. The quantitative estimate of drug-likeness (QED) is 0.816. The van der Waals surface area contributed by atoms with Gasteiger partial charge in [0.1, 0.15) is 11.9 Å². The van der Waals surface area contributed by atoms with Crippen LogP contribution in [0.3, 0.4) is 0 Å². The van der Waals surface area contributed by atoms with Gasteiger partial charge in [0.05, 0.1) is 6.61 Å². The van der Waals surface area contributed by atoms with Gasteiger partial charge in [0, 0.05) is 32.3 Å². The second kappa shape index (κ2) is 9.17. The van der Waals surface area contributed by atoms with Crippen LogP contribution in [0.5, 0.6) is 0 Å². The highest BCUT2D eigenvalue weighted by Crippen LogP contribution is 2.34. The van der Waals surface area contributed by atoms with Gasteiger partial charge in [0.15, 0.2) is 0 Å². The van der Waals surface area contributed by atoms with Crippen LogP contribution in [0.2, 0.25) is 0 Å². The van der Waals surface area contributed by atoms with E-state index in [0.29, 0.717) is 19.8 Å². The van der Waals surface area contributed by atoms with Gasteiger partial charge in [-0.1, -0.05) is 12.1 Å². The first-order chi connectivity index (χ1) is 10.6. The number of hydrogen-bond acceptors (Lipinski definition) is 4. The Hall–Kier alpha value is -1.21. The van der Waals surface area contributed by atoms with Crippen LogP contribution in [0.4, 0.5) is 4.39 Å². The molecule has 0 bridgehead atoms. The Morgan fingerprint density at radius 1 is 1.39 bits per heavy atom. The molecule has 5 nitrogen and oxygen atoms in total. The number of nitrogens with two attached hydrogens (primary N) is 1. The minimum atomic E-state index is -0.685. The molecule has 0 radical (unpaired) electrons. The molecule has 0 spiro atoms. The molecule has 1 aliphatic heterocycles. The van der Waals surface area contributed by atoms with Crippen molar-refractivity contribution in [3.05, 3.63) is 35.6 Å². The Kier molecular flexibility index (Phi) is 7.91. The van der Waals surface area contributed by atoms with E-state index in [9.17, 15) is 9.18 Å². The van der Waals surface area contributed by atoms with Gasteiger partial charge in [0.25, 0.3) is 0 Å². The van der Waals surface area contributed by atoms with Crippen molar-refractivity contribution < 1.29 is 18.7 Å². The van der Waals surface area contributed by atoms with E-state index in [1.165, 1.54) is 19.2 Å². The lowest BCUT2D eigenvalue weighted by atomic mass is 9.74. The molecule has 0 aromatic heterocycles. The first-order valence-corrected chi connectivity index (χ1v) is 7.43. The summed E-state index contributed by atoms with van der Waals surface area (Å²) in [6.07, 6.45) is 1.55. The molecular formula is C16H24ClFN2O3. The SMILES string of the molecule is COCC(N)C(=O)NCC1(c2ccc(F)cc2)CCOCC1.Cl. The number of nitrogens with one attached hydrogen (secondary N) is 1. The molecule has 0 saturated carbocycles. The van der Waals surface area contributed by atoms with Gasteiger partial charge in [-0.2, -0.15) is 0 Å². The van der Waals surface area contributed by atoms with Gasteiger partial charge in [-0.3, -0.25) is 4.79 Å². The van der Waals surface area contributed by atoms with E-state index in [-0.39, 0.29) is 36.2 Å². The fourth-order valence-electron chi connectivity index (χ4n) is 2.78. The molecule has 1 saturated heterocycles. The van der Waals surface area contributed by atoms with Crippen molar-refractivity contribution in [1.29, 1.82) is 0 Å². The fourth-order valence-corrected chi connectivity index (χ4v) is 2.78. The Morgan fingerprint density at radius 3 is 2.57 bits per heavy atom. The van der Waals surface area contributed by atoms with E-state index in [1.54, 1.807) is 12.1 Å². The number of methoxy groups -OCH3 is 1. The molecule has 3 N–H and O–H groups in total. The summed E-state index contributed by atoms with van der Waals surface area (Å²) in [5.41, 5.74) is 6.50. The number of halogens is 2. The second-order valence-corrected chi connectivity index (χ2v) is 5.68. The number of hydrogen-bond donors (Lipinski definition) is 2. The van der Waals surface area contributed by atoms with Gasteiger partial charge in [-0.15, -0.1) is 12.4 Å². The summed E-state index contributed by atoms with van der Waals surface area (Å²) in [5.74, 6) is -0.507. The summed E-state index contributed by atoms with van der Waals surface area (Å²) >= 11 is 0. The normalized spacial score (nSPS) is 17.9. The highest BCUT2D eigenvalue weighted by Gasteiger charge is 2.35. The van der Waals surface area contributed by atoms with Crippen LogP contribution in [0.25, 0.3) is 0 Å². The molecule has 23 heavy (non-hydrogen) atoms. The summed E-state index contributed by atoms with van der Waals surface area (Å²) < 4.78 is 23.5. The number of benzene rings is 1. The smallest absolute Gasteiger partial charge is 0.239 e. The third-order valence-corrected chi connectivity index (χ3v) is 4.19. The Labute approximate surface area is 142 Å². The summed E-state index contributed by atoms with van der Waals surface area (Å²) in [6.45, 7) is 1.88. The van der Waals surface area contributed by atoms with Crippen LogP contribution < -0.4 is 11.1 Å². The van der Waals surface area contributed by atoms with Crippen molar-refractivity contribution in [2.24, 2.45) is 5.73 Å². The molecule has 130 valence electrons. The van der Waals surface area contributed by atoms with Gasteiger partial charge in [0.2, 0.25) is 5.91 Å². The predicted molar refractivity (Wildman–Crippen MR) is 88.2 cm³/mol. The molecule has 1 fully saturated rings. The highest BCUT2D eigenvalue weighted by atomic mass is 35.5. The minimum Gasteiger partial charge on any atom is -0.383 e. The van der Waals surface area contributed by atoms with Gasteiger partial charge < -0.3 is 20.5 Å². The summed E-state index contributed by atoms with van der Waals surface area (Å²) in [4.78, 5) is 12.0. The summed E-state index contributed by atoms with van der Waals surface area (Å²) in [5, 5.41) is 2.90. The van der Waals surface area contributed by atoms with Crippen LogP contribution in [0.15, 0.2) is 24.3 Å². The molecule has 1 atom stereocenters. The van der Waals surface area contributed by atoms with Crippen molar-refractivity contribution in [2.45, 2.75) is 24.3 Å². The Balaban J connectivity index is 0.00000264. The monoisotopic (exact) mass is 346 g/mol. The van der Waals surface area contributed by atoms with E-state index >= 15 is 0 Å². The van der Waals surface area contributed by atoms with Crippen LogP contribution in [0.1, 0.15) is 18.4 Å². The van der Waals surface area contributed by atoms with Crippen molar-refractivity contribution in [3.63, 3.8) is 0 Å².